The normalized spacial score (nSPS) is 22.7. The lowest BCUT2D eigenvalue weighted by Gasteiger charge is -2.45. The van der Waals surface area contributed by atoms with E-state index in [0.29, 0.717) is 36.4 Å². The quantitative estimate of drug-likeness (QED) is 0.428. The highest BCUT2D eigenvalue weighted by molar-refractivity contribution is 6.35. The molecule has 0 saturated carbocycles. The highest BCUT2D eigenvalue weighted by Crippen LogP contribution is 2.47. The molecule has 0 N–H and O–H groups in total. The SMILES string of the molecule is C=CC(=O)N1C[C@H](C)N(c2nc(=O)n3c4c(c(-c5ccc(F)cc5F)c(Cl)cc24)OC[C@H]3CN2CCC2)C[C@H]1C. The minimum absolute atomic E-state index is 0.0837. The Hall–Kier alpha value is -3.50. The minimum atomic E-state index is -0.780. The molecule has 4 heterocycles. The van der Waals surface area contributed by atoms with E-state index in [-0.39, 0.29) is 52.5 Å². The van der Waals surface area contributed by atoms with Crippen molar-refractivity contribution in [3.63, 3.8) is 0 Å². The van der Waals surface area contributed by atoms with Crippen LogP contribution in [0.5, 0.6) is 5.75 Å². The van der Waals surface area contributed by atoms with E-state index in [9.17, 15) is 14.0 Å². The molecule has 3 atom stereocenters. The van der Waals surface area contributed by atoms with Crippen molar-refractivity contribution < 1.29 is 18.3 Å². The van der Waals surface area contributed by atoms with Crippen LogP contribution in [0.2, 0.25) is 5.02 Å². The maximum absolute atomic E-state index is 15.0. The van der Waals surface area contributed by atoms with Gasteiger partial charge in [0.05, 0.1) is 16.6 Å². The summed E-state index contributed by atoms with van der Waals surface area (Å²) in [6, 6.07) is 4.36. The third-order valence-corrected chi connectivity index (χ3v) is 8.51. The predicted octanol–water partition coefficient (Wildman–Crippen LogP) is 4.25. The molecule has 6 rings (SSSR count). The average molecular weight is 570 g/mol. The van der Waals surface area contributed by atoms with Crippen molar-refractivity contribution in [2.75, 3.05) is 44.2 Å². The van der Waals surface area contributed by atoms with E-state index in [4.69, 9.17) is 16.3 Å². The van der Waals surface area contributed by atoms with Crippen LogP contribution >= 0.6 is 11.6 Å². The molecule has 210 valence electrons. The summed E-state index contributed by atoms with van der Waals surface area (Å²) < 4.78 is 36.7. The Morgan fingerprint density at radius 2 is 1.98 bits per heavy atom. The van der Waals surface area contributed by atoms with Crippen LogP contribution in [-0.4, -0.2) is 76.7 Å². The van der Waals surface area contributed by atoms with Crippen molar-refractivity contribution in [2.24, 2.45) is 0 Å². The number of amides is 1. The van der Waals surface area contributed by atoms with Crippen molar-refractivity contribution in [1.82, 2.24) is 19.4 Å². The van der Waals surface area contributed by atoms with Crippen molar-refractivity contribution in [3.05, 3.63) is 64.1 Å². The van der Waals surface area contributed by atoms with Gasteiger partial charge < -0.3 is 19.4 Å². The number of benzene rings is 2. The van der Waals surface area contributed by atoms with E-state index in [0.717, 1.165) is 25.6 Å². The number of hydrogen-bond acceptors (Lipinski definition) is 6. The standard InChI is InChI=1S/C29H30ClF2N5O3/c1-4-24(38)35-12-17(3)36(13-16(35)2)28-21-11-22(30)25(20-7-6-18(31)10-23(20)32)27-26(21)37(29(39)33-28)19(15-40-27)14-34-8-5-9-34/h4,6-7,10-11,16-17,19H,1,5,8-9,12-15H2,2-3H3/t16-,17+,19-/m1/s1. The van der Waals surface area contributed by atoms with Crippen LogP contribution in [0.3, 0.4) is 0 Å². The number of hydrogen-bond donors (Lipinski definition) is 0. The number of nitrogens with zero attached hydrogens (tertiary/aromatic N) is 5. The molecule has 0 spiro atoms. The topological polar surface area (TPSA) is 70.9 Å². The van der Waals surface area contributed by atoms with Gasteiger partial charge in [-0.25, -0.2) is 13.6 Å². The summed E-state index contributed by atoms with van der Waals surface area (Å²) >= 11 is 6.82. The third-order valence-electron chi connectivity index (χ3n) is 8.22. The van der Waals surface area contributed by atoms with Crippen LogP contribution in [0, 0.1) is 11.6 Å². The summed E-state index contributed by atoms with van der Waals surface area (Å²) in [5.41, 5.74) is 0.400. The van der Waals surface area contributed by atoms with E-state index in [2.05, 4.69) is 16.5 Å². The third kappa shape index (κ3) is 4.34. The van der Waals surface area contributed by atoms with E-state index in [1.165, 1.54) is 18.2 Å². The Labute approximate surface area is 235 Å². The van der Waals surface area contributed by atoms with Crippen LogP contribution in [0.1, 0.15) is 26.3 Å². The van der Waals surface area contributed by atoms with Crippen molar-refractivity contribution in [3.8, 4) is 16.9 Å². The molecule has 1 amide bonds. The minimum Gasteiger partial charge on any atom is -0.488 e. The van der Waals surface area contributed by atoms with E-state index in [1.54, 1.807) is 15.5 Å². The van der Waals surface area contributed by atoms with E-state index < -0.39 is 17.3 Å². The van der Waals surface area contributed by atoms with Crippen LogP contribution in [0.15, 0.2) is 41.7 Å². The molecule has 0 aliphatic carbocycles. The fraction of sp³-hybridized carbons (Fsp3) is 0.414. The summed E-state index contributed by atoms with van der Waals surface area (Å²) in [5, 5.41) is 0.797. The van der Waals surface area contributed by atoms with Gasteiger partial charge in [0.2, 0.25) is 5.91 Å². The number of anilines is 1. The van der Waals surface area contributed by atoms with Gasteiger partial charge in [0.15, 0.2) is 5.75 Å². The first-order valence-corrected chi connectivity index (χ1v) is 13.8. The van der Waals surface area contributed by atoms with Gasteiger partial charge in [-0.15, -0.1) is 0 Å². The molecule has 0 bridgehead atoms. The highest BCUT2D eigenvalue weighted by atomic mass is 35.5. The summed E-state index contributed by atoms with van der Waals surface area (Å²) in [5.74, 6) is -0.931. The van der Waals surface area contributed by atoms with Crippen LogP contribution in [0.25, 0.3) is 22.0 Å². The molecule has 3 aromatic rings. The molecule has 2 aromatic carbocycles. The number of carbonyl (C=O) groups is 1. The number of halogens is 3. The molecule has 3 aliphatic rings. The zero-order chi connectivity index (χ0) is 28.3. The maximum Gasteiger partial charge on any atom is 0.350 e. The van der Waals surface area contributed by atoms with Gasteiger partial charge in [0, 0.05) is 54.3 Å². The van der Waals surface area contributed by atoms with Crippen molar-refractivity contribution in [1.29, 1.82) is 0 Å². The fourth-order valence-electron chi connectivity index (χ4n) is 6.06. The second kappa shape index (κ2) is 10.2. The zero-order valence-corrected chi connectivity index (χ0v) is 23.1. The van der Waals surface area contributed by atoms with Crippen molar-refractivity contribution >= 4 is 34.2 Å². The Morgan fingerprint density at radius 1 is 1.20 bits per heavy atom. The van der Waals surface area contributed by atoms with E-state index in [1.807, 2.05) is 18.7 Å². The number of ether oxygens (including phenoxy) is 1. The van der Waals surface area contributed by atoms with Gasteiger partial charge in [-0.3, -0.25) is 9.36 Å². The Balaban J connectivity index is 1.56. The van der Waals surface area contributed by atoms with Gasteiger partial charge in [-0.05, 0) is 57.6 Å². The van der Waals surface area contributed by atoms with E-state index >= 15 is 4.39 Å². The lowest BCUT2D eigenvalue weighted by molar-refractivity contribution is -0.128. The van der Waals surface area contributed by atoms with Crippen LogP contribution in [-0.2, 0) is 4.79 Å². The first kappa shape index (κ1) is 26.7. The molecule has 40 heavy (non-hydrogen) atoms. The summed E-state index contributed by atoms with van der Waals surface area (Å²) in [4.78, 5) is 36.8. The summed E-state index contributed by atoms with van der Waals surface area (Å²) in [6.07, 6.45) is 2.41. The van der Waals surface area contributed by atoms with Gasteiger partial charge in [0.25, 0.3) is 0 Å². The molecule has 8 nitrogen and oxygen atoms in total. The van der Waals surface area contributed by atoms with Crippen LogP contribution < -0.4 is 15.3 Å². The average Bonchev–Trinajstić information content (AvgIpc) is 2.89. The van der Waals surface area contributed by atoms with Gasteiger partial charge in [0.1, 0.15) is 24.1 Å². The first-order valence-electron chi connectivity index (χ1n) is 13.5. The second-order valence-electron chi connectivity index (χ2n) is 10.8. The molecule has 0 radical (unpaired) electrons. The molecular formula is C29H30ClF2N5O3. The molecule has 2 saturated heterocycles. The fourth-order valence-corrected chi connectivity index (χ4v) is 6.36. The molecule has 3 aliphatic heterocycles. The first-order chi connectivity index (χ1) is 19.2. The number of aromatic nitrogens is 2. The number of likely N-dealkylation sites (tertiary alicyclic amines) is 1. The number of piperazine rings is 1. The molecule has 1 aromatic heterocycles. The Morgan fingerprint density at radius 3 is 2.65 bits per heavy atom. The lowest BCUT2D eigenvalue weighted by Crippen LogP contribution is -2.58. The Bertz CT molecular complexity index is 1590. The maximum atomic E-state index is 15.0. The molecule has 0 unspecified atom stereocenters. The predicted molar refractivity (Wildman–Crippen MR) is 150 cm³/mol. The number of rotatable bonds is 5. The smallest absolute Gasteiger partial charge is 0.350 e. The van der Waals surface area contributed by atoms with Gasteiger partial charge in [-0.2, -0.15) is 4.98 Å². The monoisotopic (exact) mass is 569 g/mol. The van der Waals surface area contributed by atoms with Crippen molar-refractivity contribution in [2.45, 2.75) is 38.4 Å². The number of carbonyl (C=O) groups excluding carboxylic acids is 1. The molecule has 2 fully saturated rings. The summed E-state index contributed by atoms with van der Waals surface area (Å²) in [7, 11) is 0. The lowest BCUT2D eigenvalue weighted by atomic mass is 9.99. The van der Waals surface area contributed by atoms with Crippen LogP contribution in [0.4, 0.5) is 14.6 Å². The molecule has 11 heteroatoms. The molecular weight excluding hydrogens is 540 g/mol. The second-order valence-corrected chi connectivity index (χ2v) is 11.2. The van der Waals surface area contributed by atoms with Gasteiger partial charge >= 0.3 is 5.69 Å². The highest BCUT2D eigenvalue weighted by Gasteiger charge is 2.37. The summed E-state index contributed by atoms with van der Waals surface area (Å²) in [6.45, 7) is 11.1. The zero-order valence-electron chi connectivity index (χ0n) is 22.4. The Kier molecular flexibility index (Phi) is 6.78. The van der Waals surface area contributed by atoms with Gasteiger partial charge in [-0.1, -0.05) is 18.2 Å². The largest absolute Gasteiger partial charge is 0.488 e.